The Morgan fingerprint density at radius 2 is 1.90 bits per heavy atom. The molecule has 0 radical (unpaired) electrons. The number of aromatic nitrogens is 1. The molecule has 0 amide bonds. The largest absolute Gasteiger partial charge is 0.388 e. The average Bonchev–Trinajstić information content (AvgIpc) is 2.74. The number of aryl methyl sites for hydroxylation is 3. The van der Waals surface area contributed by atoms with Crippen LogP contribution in [0.1, 0.15) is 53.2 Å². The number of nitrogens with zero attached hydrogens (tertiary/aromatic N) is 1. The summed E-state index contributed by atoms with van der Waals surface area (Å²) >= 11 is 0. The number of fused-ring (bicyclic) bond motifs is 1. The molecule has 106 valence electrons. The first kappa shape index (κ1) is 13.4. The topological polar surface area (TPSA) is 25.2 Å². The molecule has 1 aromatic carbocycles. The minimum atomic E-state index is -0.272. The van der Waals surface area contributed by atoms with Gasteiger partial charge < -0.3 is 9.67 Å². The van der Waals surface area contributed by atoms with Crippen LogP contribution in [0.4, 0.5) is 0 Å². The second-order valence-corrected chi connectivity index (χ2v) is 6.04. The normalized spacial score (nSPS) is 18.6. The average molecular weight is 269 g/mol. The van der Waals surface area contributed by atoms with E-state index in [0.29, 0.717) is 0 Å². The van der Waals surface area contributed by atoms with E-state index in [1.54, 1.807) is 0 Å². The highest BCUT2D eigenvalue weighted by Crippen LogP contribution is 2.29. The van der Waals surface area contributed by atoms with Gasteiger partial charge in [-0.1, -0.05) is 24.6 Å². The predicted molar refractivity (Wildman–Crippen MR) is 82.0 cm³/mol. The molecule has 0 aliphatic heterocycles. The van der Waals surface area contributed by atoms with Crippen molar-refractivity contribution >= 4 is 0 Å². The lowest BCUT2D eigenvalue weighted by Gasteiger charge is -2.11. The fourth-order valence-electron chi connectivity index (χ4n) is 3.26. The molecule has 1 aromatic heterocycles. The number of aliphatic hydroxyl groups is 1. The van der Waals surface area contributed by atoms with E-state index in [0.717, 1.165) is 31.4 Å². The van der Waals surface area contributed by atoms with Gasteiger partial charge in [0, 0.05) is 24.5 Å². The second-order valence-electron chi connectivity index (χ2n) is 6.04. The van der Waals surface area contributed by atoms with E-state index in [1.807, 2.05) is 0 Å². The molecular formula is C18H23NO. The van der Waals surface area contributed by atoms with Crippen molar-refractivity contribution < 1.29 is 5.11 Å². The van der Waals surface area contributed by atoms with E-state index in [9.17, 15) is 5.11 Å². The predicted octanol–water partition coefficient (Wildman–Crippen LogP) is 3.91. The van der Waals surface area contributed by atoms with Crippen LogP contribution < -0.4 is 0 Å². The molecule has 20 heavy (non-hydrogen) atoms. The molecule has 1 aliphatic carbocycles. The molecule has 1 unspecified atom stereocenters. The quantitative estimate of drug-likeness (QED) is 0.821. The fraction of sp³-hybridized carbons (Fsp3) is 0.444. The molecule has 3 rings (SSSR count). The molecule has 1 aliphatic rings. The van der Waals surface area contributed by atoms with Crippen LogP contribution in [0, 0.1) is 13.8 Å². The van der Waals surface area contributed by atoms with Crippen molar-refractivity contribution in [2.75, 3.05) is 0 Å². The Kier molecular flexibility index (Phi) is 3.66. The van der Waals surface area contributed by atoms with Crippen LogP contribution in [0.25, 0.3) is 0 Å². The van der Waals surface area contributed by atoms with Gasteiger partial charge in [-0.25, -0.2) is 0 Å². The van der Waals surface area contributed by atoms with Gasteiger partial charge in [0.1, 0.15) is 0 Å². The third-order valence-corrected chi connectivity index (χ3v) is 4.52. The third-order valence-electron chi connectivity index (χ3n) is 4.52. The summed E-state index contributed by atoms with van der Waals surface area (Å²) in [6.45, 7) is 5.25. The van der Waals surface area contributed by atoms with Crippen molar-refractivity contribution in [1.82, 2.24) is 4.57 Å². The lowest BCUT2D eigenvalue weighted by molar-refractivity contribution is 0.166. The number of rotatable bonds is 2. The molecule has 0 spiro atoms. The smallest absolute Gasteiger partial charge is 0.0807 e. The lowest BCUT2D eigenvalue weighted by Crippen LogP contribution is -2.02. The van der Waals surface area contributed by atoms with E-state index < -0.39 is 0 Å². The maximum absolute atomic E-state index is 10.2. The molecule has 1 atom stereocenters. The first-order valence-corrected chi connectivity index (χ1v) is 7.57. The van der Waals surface area contributed by atoms with Gasteiger partial charge in [0.15, 0.2) is 0 Å². The van der Waals surface area contributed by atoms with Gasteiger partial charge in [-0.15, -0.1) is 0 Å². The van der Waals surface area contributed by atoms with Gasteiger partial charge in [-0.2, -0.15) is 0 Å². The summed E-state index contributed by atoms with van der Waals surface area (Å²) in [5, 5.41) is 10.2. The maximum Gasteiger partial charge on any atom is 0.0807 e. The monoisotopic (exact) mass is 269 g/mol. The van der Waals surface area contributed by atoms with E-state index in [4.69, 9.17) is 0 Å². The van der Waals surface area contributed by atoms with Crippen molar-refractivity contribution in [2.24, 2.45) is 0 Å². The lowest BCUT2D eigenvalue weighted by atomic mass is 10.0. The van der Waals surface area contributed by atoms with Crippen LogP contribution in [-0.4, -0.2) is 9.67 Å². The zero-order valence-corrected chi connectivity index (χ0v) is 12.4. The van der Waals surface area contributed by atoms with Crippen LogP contribution in [-0.2, 0) is 13.0 Å². The Morgan fingerprint density at radius 3 is 2.65 bits per heavy atom. The Hall–Kier alpha value is -1.54. The van der Waals surface area contributed by atoms with Gasteiger partial charge in [-0.3, -0.25) is 0 Å². The highest BCUT2D eigenvalue weighted by Gasteiger charge is 2.18. The van der Waals surface area contributed by atoms with E-state index >= 15 is 0 Å². The summed E-state index contributed by atoms with van der Waals surface area (Å²) in [7, 11) is 0. The summed E-state index contributed by atoms with van der Waals surface area (Å²) in [6, 6.07) is 6.46. The Balaban J connectivity index is 1.91. The van der Waals surface area contributed by atoms with Gasteiger partial charge in [0.2, 0.25) is 0 Å². The zero-order valence-electron chi connectivity index (χ0n) is 12.4. The number of hydrogen-bond acceptors (Lipinski definition) is 1. The molecule has 2 heteroatoms. The Morgan fingerprint density at radius 1 is 1.15 bits per heavy atom. The van der Waals surface area contributed by atoms with E-state index in [2.05, 4.69) is 49.0 Å². The first-order chi connectivity index (χ1) is 9.65. The second kappa shape index (κ2) is 5.45. The Bertz CT molecular complexity index is 592. The van der Waals surface area contributed by atoms with Crippen LogP contribution in [0.2, 0.25) is 0 Å². The molecule has 1 N–H and O–H groups in total. The summed E-state index contributed by atoms with van der Waals surface area (Å²) in [5.74, 6) is 0. The van der Waals surface area contributed by atoms with Crippen molar-refractivity contribution in [3.05, 3.63) is 58.4 Å². The van der Waals surface area contributed by atoms with E-state index in [-0.39, 0.29) is 6.10 Å². The number of aliphatic hydroxyl groups excluding tert-OH is 1. The first-order valence-electron chi connectivity index (χ1n) is 7.57. The summed E-state index contributed by atoms with van der Waals surface area (Å²) in [5.41, 5.74) is 6.56. The zero-order chi connectivity index (χ0) is 14.1. The Labute approximate surface area is 121 Å². The fourth-order valence-corrected chi connectivity index (χ4v) is 3.26. The van der Waals surface area contributed by atoms with Gasteiger partial charge >= 0.3 is 0 Å². The molecule has 0 fully saturated rings. The minimum absolute atomic E-state index is 0.272. The SMILES string of the molecule is Cc1cccc(C)c1Cn1cc2c(c1)C(O)CCCC2. The van der Waals surface area contributed by atoms with Crippen LogP contribution in [0.3, 0.4) is 0 Å². The van der Waals surface area contributed by atoms with Crippen LogP contribution in [0.5, 0.6) is 0 Å². The van der Waals surface area contributed by atoms with Crippen LogP contribution >= 0.6 is 0 Å². The standard InChI is InChI=1S/C18H23NO/c1-13-6-5-7-14(2)16(13)11-19-10-15-8-3-4-9-18(20)17(15)12-19/h5-7,10,12,18,20H,3-4,8-9,11H2,1-2H3. The van der Waals surface area contributed by atoms with Gasteiger partial charge in [0.05, 0.1) is 6.10 Å². The van der Waals surface area contributed by atoms with Crippen molar-refractivity contribution in [1.29, 1.82) is 0 Å². The molecule has 2 aromatic rings. The van der Waals surface area contributed by atoms with Crippen molar-refractivity contribution in [2.45, 2.75) is 52.2 Å². The minimum Gasteiger partial charge on any atom is -0.388 e. The molecule has 0 saturated heterocycles. The van der Waals surface area contributed by atoms with Gasteiger partial charge in [0.25, 0.3) is 0 Å². The third kappa shape index (κ3) is 2.53. The van der Waals surface area contributed by atoms with Crippen molar-refractivity contribution in [3.8, 4) is 0 Å². The van der Waals surface area contributed by atoms with E-state index in [1.165, 1.54) is 28.7 Å². The number of benzene rings is 1. The molecule has 0 bridgehead atoms. The number of hydrogen-bond donors (Lipinski definition) is 1. The maximum atomic E-state index is 10.2. The summed E-state index contributed by atoms with van der Waals surface area (Å²) in [6.07, 6.45) is 8.44. The van der Waals surface area contributed by atoms with Crippen LogP contribution in [0.15, 0.2) is 30.6 Å². The molecular weight excluding hydrogens is 246 g/mol. The molecule has 2 nitrogen and oxygen atoms in total. The molecule has 0 saturated carbocycles. The summed E-state index contributed by atoms with van der Waals surface area (Å²) < 4.78 is 2.24. The highest BCUT2D eigenvalue weighted by atomic mass is 16.3. The summed E-state index contributed by atoms with van der Waals surface area (Å²) in [4.78, 5) is 0. The van der Waals surface area contributed by atoms with Gasteiger partial charge in [-0.05, 0) is 55.4 Å². The highest BCUT2D eigenvalue weighted by molar-refractivity contribution is 5.35. The molecule has 1 heterocycles. The van der Waals surface area contributed by atoms with Crippen molar-refractivity contribution in [3.63, 3.8) is 0 Å².